The van der Waals surface area contributed by atoms with Gasteiger partial charge in [0.05, 0.1) is 5.69 Å². The van der Waals surface area contributed by atoms with Crippen LogP contribution >= 0.6 is 12.2 Å². The Labute approximate surface area is 137 Å². The van der Waals surface area contributed by atoms with Crippen LogP contribution in [0, 0.1) is 0 Å². The number of nitrogens with zero attached hydrogens (tertiary/aromatic N) is 1. The van der Waals surface area contributed by atoms with Gasteiger partial charge in [-0.25, -0.2) is 0 Å². The van der Waals surface area contributed by atoms with Gasteiger partial charge in [-0.05, 0) is 54.5 Å². The first kappa shape index (κ1) is 16.2. The van der Waals surface area contributed by atoms with Crippen LogP contribution in [0.15, 0.2) is 48.7 Å². The molecule has 0 atom stereocenters. The predicted octanol–water partition coefficient (Wildman–Crippen LogP) is 4.34. The van der Waals surface area contributed by atoms with E-state index in [1.165, 1.54) is 0 Å². The van der Waals surface area contributed by atoms with E-state index in [4.69, 9.17) is 12.2 Å². The number of pyridine rings is 1. The third-order valence-electron chi connectivity index (χ3n) is 3.09. The zero-order chi connectivity index (χ0) is 15.6. The molecule has 0 bridgehead atoms. The van der Waals surface area contributed by atoms with Gasteiger partial charge < -0.3 is 10.6 Å². The average molecular weight is 311 g/mol. The van der Waals surface area contributed by atoms with Crippen molar-refractivity contribution in [1.29, 1.82) is 0 Å². The number of nitrogens with one attached hydrogen (secondary N) is 2. The summed E-state index contributed by atoms with van der Waals surface area (Å²) >= 11 is 5.28. The second-order valence-electron chi connectivity index (χ2n) is 4.95. The lowest BCUT2D eigenvalue weighted by Crippen LogP contribution is -2.29. The van der Waals surface area contributed by atoms with Crippen molar-refractivity contribution in [2.75, 3.05) is 11.9 Å². The third-order valence-corrected chi connectivity index (χ3v) is 3.34. The molecule has 1 aromatic carbocycles. The molecule has 2 aromatic rings. The Morgan fingerprint density at radius 1 is 1.18 bits per heavy atom. The molecule has 3 nitrogen and oxygen atoms in total. The maximum Gasteiger partial charge on any atom is 0.170 e. The minimum atomic E-state index is 0.666. The maximum atomic E-state index is 5.28. The number of hydrogen-bond donors (Lipinski definition) is 2. The molecule has 0 saturated carbocycles. The van der Waals surface area contributed by atoms with Gasteiger partial charge in [0.1, 0.15) is 0 Å². The van der Waals surface area contributed by atoms with Crippen LogP contribution in [-0.4, -0.2) is 16.6 Å². The van der Waals surface area contributed by atoms with Crippen molar-refractivity contribution in [3.05, 3.63) is 59.9 Å². The van der Waals surface area contributed by atoms with Crippen LogP contribution in [0.25, 0.3) is 12.2 Å². The molecular formula is C18H21N3S. The summed E-state index contributed by atoms with van der Waals surface area (Å²) in [6, 6.07) is 14.0. The van der Waals surface area contributed by atoms with Gasteiger partial charge in [0.15, 0.2) is 5.11 Å². The summed E-state index contributed by atoms with van der Waals surface area (Å²) in [5.74, 6) is 0. The highest BCUT2D eigenvalue weighted by Crippen LogP contribution is 2.13. The quantitative estimate of drug-likeness (QED) is 0.615. The van der Waals surface area contributed by atoms with Gasteiger partial charge in [0.25, 0.3) is 0 Å². The zero-order valence-electron chi connectivity index (χ0n) is 12.8. The highest BCUT2D eigenvalue weighted by Gasteiger charge is 1.97. The first-order chi connectivity index (χ1) is 10.8. The fourth-order valence-electron chi connectivity index (χ4n) is 1.93. The first-order valence-electron chi connectivity index (χ1n) is 7.52. The van der Waals surface area contributed by atoms with Crippen molar-refractivity contribution in [2.24, 2.45) is 0 Å². The molecule has 1 aromatic heterocycles. The van der Waals surface area contributed by atoms with Crippen molar-refractivity contribution in [2.45, 2.75) is 19.8 Å². The molecule has 0 fully saturated rings. The molecule has 0 amide bonds. The van der Waals surface area contributed by atoms with Crippen molar-refractivity contribution in [3.63, 3.8) is 0 Å². The molecule has 2 N–H and O–H groups in total. The third kappa shape index (κ3) is 5.66. The second kappa shape index (κ2) is 8.95. The van der Waals surface area contributed by atoms with Crippen molar-refractivity contribution in [1.82, 2.24) is 10.3 Å². The monoisotopic (exact) mass is 311 g/mol. The number of thiocarbonyl (C=S) groups is 1. The Balaban J connectivity index is 1.95. The van der Waals surface area contributed by atoms with E-state index in [1.807, 2.05) is 42.5 Å². The summed E-state index contributed by atoms with van der Waals surface area (Å²) in [6.07, 6.45) is 8.11. The standard InChI is InChI=1S/C18H21N3S/c1-2-3-12-20-18(22)21-17-9-6-7-15(14-17)10-11-16-8-4-5-13-19-16/h4-11,13-14H,2-3,12H2,1H3,(H2,20,21,22)/b11-10+. The van der Waals surface area contributed by atoms with Gasteiger partial charge in [-0.3, -0.25) is 4.98 Å². The van der Waals surface area contributed by atoms with Crippen molar-refractivity contribution >= 4 is 35.2 Å². The Bertz CT molecular complexity index is 623. The predicted molar refractivity (Wildman–Crippen MR) is 98.7 cm³/mol. The summed E-state index contributed by atoms with van der Waals surface area (Å²) in [7, 11) is 0. The fourth-order valence-corrected chi connectivity index (χ4v) is 2.15. The fraction of sp³-hybridized carbons (Fsp3) is 0.222. The SMILES string of the molecule is CCCCNC(=S)Nc1cccc(/C=C/c2ccccn2)c1. The summed E-state index contributed by atoms with van der Waals surface area (Å²) < 4.78 is 0. The largest absolute Gasteiger partial charge is 0.362 e. The summed E-state index contributed by atoms with van der Waals surface area (Å²) in [5, 5.41) is 7.08. The molecular weight excluding hydrogens is 290 g/mol. The van der Waals surface area contributed by atoms with Gasteiger partial charge in [-0.15, -0.1) is 0 Å². The summed E-state index contributed by atoms with van der Waals surface area (Å²) in [5.41, 5.74) is 3.03. The molecule has 0 spiro atoms. The maximum absolute atomic E-state index is 5.28. The number of unbranched alkanes of at least 4 members (excludes halogenated alkanes) is 1. The van der Waals surface area contributed by atoms with E-state index in [0.29, 0.717) is 5.11 Å². The van der Waals surface area contributed by atoms with E-state index < -0.39 is 0 Å². The number of hydrogen-bond acceptors (Lipinski definition) is 2. The molecule has 0 radical (unpaired) electrons. The van der Waals surface area contributed by atoms with Crippen LogP contribution in [-0.2, 0) is 0 Å². The van der Waals surface area contributed by atoms with Crippen LogP contribution < -0.4 is 10.6 Å². The van der Waals surface area contributed by atoms with Crippen LogP contribution in [0.4, 0.5) is 5.69 Å². The van der Waals surface area contributed by atoms with Gasteiger partial charge in [0, 0.05) is 18.4 Å². The van der Waals surface area contributed by atoms with Gasteiger partial charge in [0.2, 0.25) is 0 Å². The van der Waals surface area contributed by atoms with E-state index in [9.17, 15) is 0 Å². The lowest BCUT2D eigenvalue weighted by atomic mass is 10.1. The van der Waals surface area contributed by atoms with Crippen LogP contribution in [0.1, 0.15) is 31.0 Å². The number of anilines is 1. The zero-order valence-corrected chi connectivity index (χ0v) is 13.6. The number of benzene rings is 1. The Morgan fingerprint density at radius 3 is 2.86 bits per heavy atom. The molecule has 2 rings (SSSR count). The normalized spacial score (nSPS) is 10.6. The van der Waals surface area contributed by atoms with E-state index in [1.54, 1.807) is 6.20 Å². The second-order valence-corrected chi connectivity index (χ2v) is 5.36. The van der Waals surface area contributed by atoms with E-state index >= 15 is 0 Å². The molecule has 4 heteroatoms. The van der Waals surface area contributed by atoms with E-state index in [2.05, 4.69) is 34.7 Å². The highest BCUT2D eigenvalue weighted by molar-refractivity contribution is 7.80. The Morgan fingerprint density at radius 2 is 2.09 bits per heavy atom. The lowest BCUT2D eigenvalue weighted by Gasteiger charge is -2.10. The molecule has 114 valence electrons. The molecule has 0 aliphatic heterocycles. The minimum absolute atomic E-state index is 0.666. The average Bonchev–Trinajstić information content (AvgIpc) is 2.54. The van der Waals surface area contributed by atoms with E-state index in [-0.39, 0.29) is 0 Å². The van der Waals surface area contributed by atoms with Gasteiger partial charge in [-0.1, -0.05) is 37.6 Å². The topological polar surface area (TPSA) is 37.0 Å². The molecule has 0 aliphatic rings. The van der Waals surface area contributed by atoms with Crippen LogP contribution in [0.2, 0.25) is 0 Å². The number of rotatable bonds is 6. The summed E-state index contributed by atoms with van der Waals surface area (Å²) in [4.78, 5) is 4.27. The van der Waals surface area contributed by atoms with Gasteiger partial charge in [-0.2, -0.15) is 0 Å². The Hall–Kier alpha value is -2.20. The number of aromatic nitrogens is 1. The first-order valence-corrected chi connectivity index (χ1v) is 7.93. The van der Waals surface area contributed by atoms with Crippen LogP contribution in [0.5, 0.6) is 0 Å². The molecule has 1 heterocycles. The van der Waals surface area contributed by atoms with Crippen LogP contribution in [0.3, 0.4) is 0 Å². The molecule has 0 unspecified atom stereocenters. The molecule has 0 aliphatic carbocycles. The van der Waals surface area contributed by atoms with Crippen molar-refractivity contribution in [3.8, 4) is 0 Å². The summed E-state index contributed by atoms with van der Waals surface area (Å²) in [6.45, 7) is 3.07. The molecule has 0 saturated heterocycles. The lowest BCUT2D eigenvalue weighted by molar-refractivity contribution is 0.758. The smallest absolute Gasteiger partial charge is 0.170 e. The minimum Gasteiger partial charge on any atom is -0.362 e. The Kier molecular flexibility index (Phi) is 6.58. The van der Waals surface area contributed by atoms with Crippen molar-refractivity contribution < 1.29 is 0 Å². The van der Waals surface area contributed by atoms with E-state index in [0.717, 1.165) is 36.3 Å². The highest BCUT2D eigenvalue weighted by atomic mass is 32.1. The molecule has 22 heavy (non-hydrogen) atoms. The van der Waals surface area contributed by atoms with Gasteiger partial charge >= 0.3 is 0 Å².